The van der Waals surface area contributed by atoms with Crippen LogP contribution in [-0.4, -0.2) is 47.4 Å². The van der Waals surface area contributed by atoms with Gasteiger partial charge in [0, 0.05) is 23.8 Å². The predicted octanol–water partition coefficient (Wildman–Crippen LogP) is 2.63. The van der Waals surface area contributed by atoms with Gasteiger partial charge in [-0.2, -0.15) is 5.10 Å². The van der Waals surface area contributed by atoms with E-state index in [0.29, 0.717) is 6.54 Å². The lowest BCUT2D eigenvalue weighted by Crippen LogP contribution is -2.43. The maximum absolute atomic E-state index is 13.1. The number of carbonyl (C=O) groups excluding carboxylic acids is 1. The van der Waals surface area contributed by atoms with E-state index in [-0.39, 0.29) is 23.9 Å². The second-order valence-electron chi connectivity index (χ2n) is 6.46. The predicted molar refractivity (Wildman–Crippen MR) is 96.4 cm³/mol. The Labute approximate surface area is 148 Å². The van der Waals surface area contributed by atoms with Gasteiger partial charge in [-0.1, -0.05) is 0 Å². The van der Waals surface area contributed by atoms with E-state index in [2.05, 4.69) is 15.7 Å². The summed E-state index contributed by atoms with van der Waals surface area (Å²) in [6, 6.07) is 6.00. The van der Waals surface area contributed by atoms with Crippen LogP contribution >= 0.6 is 0 Å². The largest absolute Gasteiger partial charge is 0.337 e. The van der Waals surface area contributed by atoms with Crippen molar-refractivity contribution >= 4 is 6.03 Å². The van der Waals surface area contributed by atoms with Crippen LogP contribution in [0.1, 0.15) is 31.1 Å². The highest BCUT2D eigenvalue weighted by atomic mass is 19.1. The van der Waals surface area contributed by atoms with Crippen LogP contribution in [0.5, 0.6) is 0 Å². The van der Waals surface area contributed by atoms with Crippen LogP contribution in [0.25, 0.3) is 5.69 Å². The smallest absolute Gasteiger partial charge is 0.315 e. The minimum Gasteiger partial charge on any atom is -0.337 e. The third-order valence-electron chi connectivity index (χ3n) is 4.37. The van der Waals surface area contributed by atoms with Crippen molar-refractivity contribution < 1.29 is 9.18 Å². The zero-order valence-corrected chi connectivity index (χ0v) is 15.4. The lowest BCUT2D eigenvalue weighted by Gasteiger charge is -2.21. The van der Waals surface area contributed by atoms with Gasteiger partial charge in [0.15, 0.2) is 0 Å². The summed E-state index contributed by atoms with van der Waals surface area (Å²) in [5.74, 6) is -0.285. The van der Waals surface area contributed by atoms with Gasteiger partial charge in [-0.05, 0) is 59.1 Å². The summed E-state index contributed by atoms with van der Waals surface area (Å²) in [5.41, 5.74) is 2.60. The molecule has 6 nitrogen and oxygen atoms in total. The second kappa shape index (κ2) is 8.11. The Kier molecular flexibility index (Phi) is 6.14. The Hall–Kier alpha value is -2.41. The van der Waals surface area contributed by atoms with Crippen LogP contribution in [0.2, 0.25) is 0 Å². The van der Waals surface area contributed by atoms with Crippen LogP contribution < -0.4 is 10.6 Å². The standard InChI is InChI=1S/C18H26FN5O/c1-12(23(4)5)10-20-18(25)22-13(2)17-11-21-24(14(17)3)16-8-6-15(19)7-9-16/h6-9,11-13H,10H2,1-5H3,(H2,20,22,25)/t12-,13-/m1/s1. The number of nitrogens with zero attached hydrogens (tertiary/aromatic N) is 3. The van der Waals surface area contributed by atoms with Crippen molar-refractivity contribution in [2.24, 2.45) is 0 Å². The SMILES string of the molecule is Cc1c([C@@H](C)NC(=O)NC[C@@H](C)N(C)C)cnn1-c1ccc(F)cc1. The number of carbonyl (C=O) groups is 1. The van der Waals surface area contributed by atoms with E-state index in [1.807, 2.05) is 39.8 Å². The molecule has 0 saturated carbocycles. The van der Waals surface area contributed by atoms with Crippen LogP contribution in [0.3, 0.4) is 0 Å². The molecule has 0 saturated heterocycles. The number of hydrogen-bond acceptors (Lipinski definition) is 3. The van der Waals surface area contributed by atoms with E-state index < -0.39 is 0 Å². The maximum atomic E-state index is 13.1. The van der Waals surface area contributed by atoms with Crippen molar-refractivity contribution in [1.82, 2.24) is 25.3 Å². The Bertz CT molecular complexity index is 711. The van der Waals surface area contributed by atoms with Crippen molar-refractivity contribution in [3.8, 4) is 5.69 Å². The highest BCUT2D eigenvalue weighted by Gasteiger charge is 2.16. The lowest BCUT2D eigenvalue weighted by atomic mass is 10.1. The fourth-order valence-electron chi connectivity index (χ4n) is 2.44. The first-order valence-corrected chi connectivity index (χ1v) is 8.31. The minimum atomic E-state index is -0.285. The number of amides is 2. The van der Waals surface area contributed by atoms with E-state index in [1.165, 1.54) is 12.1 Å². The van der Waals surface area contributed by atoms with Gasteiger partial charge in [0.05, 0.1) is 17.9 Å². The molecule has 2 N–H and O–H groups in total. The van der Waals surface area contributed by atoms with Crippen LogP contribution in [-0.2, 0) is 0 Å². The summed E-state index contributed by atoms with van der Waals surface area (Å²) in [6.45, 7) is 6.45. The molecule has 0 unspecified atom stereocenters. The number of aromatic nitrogens is 2. The van der Waals surface area contributed by atoms with Crippen molar-refractivity contribution in [3.63, 3.8) is 0 Å². The van der Waals surface area contributed by atoms with Gasteiger partial charge in [0.1, 0.15) is 5.82 Å². The molecule has 0 fully saturated rings. The molecule has 0 aliphatic carbocycles. The summed E-state index contributed by atoms with van der Waals surface area (Å²) in [4.78, 5) is 14.1. The molecule has 0 spiro atoms. The van der Waals surface area contributed by atoms with E-state index in [9.17, 15) is 9.18 Å². The molecule has 2 amide bonds. The Morgan fingerprint density at radius 1 is 1.28 bits per heavy atom. The molecule has 1 aromatic heterocycles. The fourth-order valence-corrected chi connectivity index (χ4v) is 2.44. The average Bonchev–Trinajstić information content (AvgIpc) is 2.95. The Balaban J connectivity index is 2.01. The first-order valence-electron chi connectivity index (χ1n) is 8.31. The number of hydrogen-bond donors (Lipinski definition) is 2. The number of halogens is 1. The summed E-state index contributed by atoms with van der Waals surface area (Å²) in [7, 11) is 3.94. The molecular weight excluding hydrogens is 321 g/mol. The van der Waals surface area contributed by atoms with Gasteiger partial charge < -0.3 is 15.5 Å². The van der Waals surface area contributed by atoms with Gasteiger partial charge in [0.25, 0.3) is 0 Å². The van der Waals surface area contributed by atoms with Crippen LogP contribution in [0.4, 0.5) is 9.18 Å². The topological polar surface area (TPSA) is 62.2 Å². The number of likely N-dealkylation sites (N-methyl/N-ethyl adjacent to an activating group) is 1. The van der Waals surface area contributed by atoms with Crippen molar-refractivity contribution in [2.75, 3.05) is 20.6 Å². The summed E-state index contributed by atoms with van der Waals surface area (Å²) >= 11 is 0. The lowest BCUT2D eigenvalue weighted by molar-refractivity contribution is 0.231. The summed E-state index contributed by atoms with van der Waals surface area (Å²) < 4.78 is 14.8. The molecule has 1 aromatic carbocycles. The molecule has 25 heavy (non-hydrogen) atoms. The van der Waals surface area contributed by atoms with Gasteiger partial charge in [-0.25, -0.2) is 13.9 Å². The van der Waals surface area contributed by atoms with E-state index in [0.717, 1.165) is 16.9 Å². The third kappa shape index (κ3) is 4.79. The molecule has 2 rings (SSSR count). The van der Waals surface area contributed by atoms with Crippen molar-refractivity contribution in [3.05, 3.63) is 47.5 Å². The fraction of sp³-hybridized carbons (Fsp3) is 0.444. The van der Waals surface area contributed by atoms with E-state index >= 15 is 0 Å². The number of rotatable bonds is 6. The highest BCUT2D eigenvalue weighted by Crippen LogP contribution is 2.20. The summed E-state index contributed by atoms with van der Waals surface area (Å²) in [6.07, 6.45) is 1.73. The van der Waals surface area contributed by atoms with E-state index in [1.54, 1.807) is 23.0 Å². The molecule has 0 aliphatic rings. The number of urea groups is 1. The molecular formula is C18H26FN5O. The molecule has 0 aliphatic heterocycles. The molecule has 0 bridgehead atoms. The van der Waals surface area contributed by atoms with E-state index in [4.69, 9.17) is 0 Å². The molecule has 0 radical (unpaired) electrons. The van der Waals surface area contributed by atoms with Gasteiger partial charge in [-0.15, -0.1) is 0 Å². The Morgan fingerprint density at radius 3 is 2.52 bits per heavy atom. The van der Waals surface area contributed by atoms with Gasteiger partial charge in [0.2, 0.25) is 0 Å². The normalized spacial score (nSPS) is 13.6. The molecule has 7 heteroatoms. The van der Waals surface area contributed by atoms with Crippen LogP contribution in [0.15, 0.2) is 30.5 Å². The zero-order chi connectivity index (χ0) is 18.6. The van der Waals surface area contributed by atoms with Gasteiger partial charge in [-0.3, -0.25) is 0 Å². The molecule has 1 heterocycles. The first kappa shape index (κ1) is 18.9. The third-order valence-corrected chi connectivity index (χ3v) is 4.37. The second-order valence-corrected chi connectivity index (χ2v) is 6.46. The molecule has 2 aromatic rings. The van der Waals surface area contributed by atoms with Gasteiger partial charge >= 0.3 is 6.03 Å². The quantitative estimate of drug-likeness (QED) is 0.844. The van der Waals surface area contributed by atoms with Crippen molar-refractivity contribution in [2.45, 2.75) is 32.9 Å². The number of nitrogens with one attached hydrogen (secondary N) is 2. The molecule has 136 valence electrons. The zero-order valence-electron chi connectivity index (χ0n) is 15.4. The maximum Gasteiger partial charge on any atom is 0.315 e. The minimum absolute atomic E-state index is 0.191. The van der Waals surface area contributed by atoms with Crippen LogP contribution in [0, 0.1) is 12.7 Å². The Morgan fingerprint density at radius 2 is 1.92 bits per heavy atom. The number of benzene rings is 1. The summed E-state index contributed by atoms with van der Waals surface area (Å²) in [5, 5.41) is 10.1. The first-order chi connectivity index (χ1) is 11.8. The molecule has 2 atom stereocenters. The highest BCUT2D eigenvalue weighted by molar-refractivity contribution is 5.74. The monoisotopic (exact) mass is 347 g/mol. The van der Waals surface area contributed by atoms with Crippen molar-refractivity contribution in [1.29, 1.82) is 0 Å². The average molecular weight is 347 g/mol.